The Morgan fingerprint density at radius 2 is 2.13 bits per heavy atom. The van der Waals surface area contributed by atoms with E-state index in [0.717, 1.165) is 12.8 Å². The minimum absolute atomic E-state index is 0.0207. The van der Waals surface area contributed by atoms with Crippen LogP contribution in [0.1, 0.15) is 45.4 Å². The Labute approximate surface area is 90.7 Å². The highest BCUT2D eigenvalue weighted by molar-refractivity contribution is 5.78. The summed E-state index contributed by atoms with van der Waals surface area (Å²) in [6.45, 7) is 2.41. The predicted molar refractivity (Wildman–Crippen MR) is 56.9 cm³/mol. The van der Waals surface area contributed by atoms with Crippen LogP contribution in [-0.2, 0) is 9.63 Å². The number of hydrogen-bond acceptors (Lipinski definition) is 3. The number of carbonyl (C=O) groups is 1. The van der Waals surface area contributed by atoms with Gasteiger partial charge in [0.15, 0.2) is 0 Å². The van der Waals surface area contributed by atoms with Crippen molar-refractivity contribution in [2.24, 2.45) is 5.73 Å². The zero-order valence-corrected chi connectivity index (χ0v) is 9.37. The molecule has 1 spiro atoms. The van der Waals surface area contributed by atoms with E-state index in [1.54, 1.807) is 0 Å². The molecule has 1 atom stereocenters. The molecule has 0 aromatic carbocycles. The normalized spacial score (nSPS) is 27.3. The van der Waals surface area contributed by atoms with Crippen LogP contribution in [0.15, 0.2) is 0 Å². The molecule has 4 heteroatoms. The third-order valence-electron chi connectivity index (χ3n) is 3.27. The molecule has 2 aliphatic rings. The summed E-state index contributed by atoms with van der Waals surface area (Å²) < 4.78 is 0. The Kier molecular flexibility index (Phi) is 2.98. The molecule has 1 saturated carbocycles. The van der Waals surface area contributed by atoms with Crippen molar-refractivity contribution in [3.8, 4) is 0 Å². The smallest absolute Gasteiger partial charge is 0.249 e. The van der Waals surface area contributed by atoms with E-state index in [1.807, 2.05) is 6.92 Å². The van der Waals surface area contributed by atoms with E-state index in [1.165, 1.54) is 24.3 Å². The van der Waals surface area contributed by atoms with Crippen molar-refractivity contribution in [3.63, 3.8) is 0 Å². The van der Waals surface area contributed by atoms with Gasteiger partial charge in [-0.2, -0.15) is 0 Å². The molecule has 0 aromatic heterocycles. The van der Waals surface area contributed by atoms with E-state index in [9.17, 15) is 4.79 Å². The van der Waals surface area contributed by atoms with Crippen LogP contribution >= 0.6 is 0 Å². The van der Waals surface area contributed by atoms with Crippen molar-refractivity contribution < 1.29 is 9.63 Å². The molecular weight excluding hydrogens is 192 g/mol. The molecule has 2 N–H and O–H groups in total. The zero-order valence-electron chi connectivity index (χ0n) is 9.37. The number of hydrogen-bond donors (Lipinski definition) is 1. The van der Waals surface area contributed by atoms with Gasteiger partial charge in [-0.1, -0.05) is 19.3 Å². The standard InChI is InChI=1S/C11H20N2O2/c1-9(12)8-13-10(14)7-11(15-13)5-3-2-4-6-11/h9H,2-8,12H2,1H3. The third kappa shape index (κ3) is 2.32. The molecule has 2 fully saturated rings. The number of carbonyl (C=O) groups excluding carboxylic acids is 1. The van der Waals surface area contributed by atoms with Crippen molar-refractivity contribution in [1.82, 2.24) is 5.06 Å². The first-order chi connectivity index (χ1) is 7.11. The van der Waals surface area contributed by atoms with Gasteiger partial charge in [-0.3, -0.25) is 9.63 Å². The highest BCUT2D eigenvalue weighted by atomic mass is 16.7. The first kappa shape index (κ1) is 10.9. The fourth-order valence-corrected chi connectivity index (χ4v) is 2.55. The van der Waals surface area contributed by atoms with E-state index in [-0.39, 0.29) is 17.6 Å². The van der Waals surface area contributed by atoms with Crippen molar-refractivity contribution in [2.75, 3.05) is 6.54 Å². The molecule has 0 aromatic rings. The highest BCUT2D eigenvalue weighted by Gasteiger charge is 2.45. The molecule has 1 heterocycles. The minimum Gasteiger partial charge on any atom is -0.326 e. The number of nitrogens with zero attached hydrogens (tertiary/aromatic N) is 1. The molecule has 1 saturated heterocycles. The van der Waals surface area contributed by atoms with Crippen LogP contribution in [0.25, 0.3) is 0 Å². The monoisotopic (exact) mass is 212 g/mol. The van der Waals surface area contributed by atoms with Gasteiger partial charge in [-0.15, -0.1) is 0 Å². The minimum atomic E-state index is -0.176. The lowest BCUT2D eigenvalue weighted by atomic mass is 9.83. The van der Waals surface area contributed by atoms with Gasteiger partial charge < -0.3 is 5.73 Å². The molecule has 1 amide bonds. The summed E-state index contributed by atoms with van der Waals surface area (Å²) in [7, 11) is 0. The summed E-state index contributed by atoms with van der Waals surface area (Å²) in [6, 6.07) is -0.0207. The van der Waals surface area contributed by atoms with Crippen molar-refractivity contribution in [2.45, 2.75) is 57.1 Å². The molecule has 1 aliphatic heterocycles. The lowest BCUT2D eigenvalue weighted by Gasteiger charge is -2.31. The maximum Gasteiger partial charge on any atom is 0.249 e. The third-order valence-corrected chi connectivity index (χ3v) is 3.27. The van der Waals surface area contributed by atoms with Gasteiger partial charge in [0, 0.05) is 6.04 Å². The van der Waals surface area contributed by atoms with E-state index < -0.39 is 0 Å². The average molecular weight is 212 g/mol. The zero-order chi connectivity index (χ0) is 10.9. The van der Waals surface area contributed by atoms with Crippen molar-refractivity contribution >= 4 is 5.91 Å². The fraction of sp³-hybridized carbons (Fsp3) is 0.909. The fourth-order valence-electron chi connectivity index (χ4n) is 2.55. The summed E-state index contributed by atoms with van der Waals surface area (Å²) >= 11 is 0. The maximum absolute atomic E-state index is 11.7. The Hall–Kier alpha value is -0.610. The van der Waals surface area contributed by atoms with E-state index in [0.29, 0.717) is 13.0 Å². The maximum atomic E-state index is 11.7. The summed E-state index contributed by atoms with van der Waals surface area (Å²) in [5.74, 6) is 0.106. The van der Waals surface area contributed by atoms with E-state index in [2.05, 4.69) is 0 Å². The lowest BCUT2D eigenvalue weighted by molar-refractivity contribution is -0.207. The predicted octanol–water partition coefficient (Wildman–Crippen LogP) is 1.20. The molecule has 4 nitrogen and oxygen atoms in total. The first-order valence-corrected chi connectivity index (χ1v) is 5.86. The second kappa shape index (κ2) is 4.10. The lowest BCUT2D eigenvalue weighted by Crippen LogP contribution is -2.38. The van der Waals surface area contributed by atoms with Crippen molar-refractivity contribution in [1.29, 1.82) is 0 Å². The second-order valence-electron chi connectivity index (χ2n) is 4.94. The highest BCUT2D eigenvalue weighted by Crippen LogP contribution is 2.39. The van der Waals surface area contributed by atoms with Crippen LogP contribution < -0.4 is 5.73 Å². The van der Waals surface area contributed by atoms with Crippen molar-refractivity contribution in [3.05, 3.63) is 0 Å². The van der Waals surface area contributed by atoms with Crippen LogP contribution in [0.4, 0.5) is 0 Å². The van der Waals surface area contributed by atoms with Crippen LogP contribution in [0.5, 0.6) is 0 Å². The molecule has 0 bridgehead atoms. The SMILES string of the molecule is CC(N)CN1OC2(CCCCC2)CC1=O. The summed E-state index contributed by atoms with van der Waals surface area (Å²) in [5, 5.41) is 1.48. The number of rotatable bonds is 2. The van der Waals surface area contributed by atoms with Gasteiger partial charge in [0.05, 0.1) is 13.0 Å². The molecule has 1 unspecified atom stereocenters. The summed E-state index contributed by atoms with van der Waals surface area (Å²) in [5.41, 5.74) is 5.50. The number of hydroxylamine groups is 2. The number of nitrogens with two attached hydrogens (primary N) is 1. The number of amides is 1. The van der Waals surface area contributed by atoms with Gasteiger partial charge in [0.1, 0.15) is 5.60 Å². The summed E-state index contributed by atoms with van der Waals surface area (Å²) in [4.78, 5) is 17.5. The van der Waals surface area contributed by atoms with Gasteiger partial charge in [0.2, 0.25) is 5.91 Å². The van der Waals surface area contributed by atoms with Crippen LogP contribution in [0.2, 0.25) is 0 Å². The van der Waals surface area contributed by atoms with Gasteiger partial charge in [-0.05, 0) is 19.8 Å². The second-order valence-corrected chi connectivity index (χ2v) is 4.94. The van der Waals surface area contributed by atoms with Crippen LogP contribution in [-0.4, -0.2) is 29.2 Å². The van der Waals surface area contributed by atoms with Gasteiger partial charge >= 0.3 is 0 Å². The van der Waals surface area contributed by atoms with Crippen LogP contribution in [0, 0.1) is 0 Å². The topological polar surface area (TPSA) is 55.6 Å². The molecular formula is C11H20N2O2. The molecule has 1 aliphatic carbocycles. The van der Waals surface area contributed by atoms with E-state index in [4.69, 9.17) is 10.6 Å². The largest absolute Gasteiger partial charge is 0.326 e. The molecule has 15 heavy (non-hydrogen) atoms. The van der Waals surface area contributed by atoms with Crippen LogP contribution in [0.3, 0.4) is 0 Å². The van der Waals surface area contributed by atoms with E-state index >= 15 is 0 Å². The van der Waals surface area contributed by atoms with Gasteiger partial charge in [-0.25, -0.2) is 5.06 Å². The molecule has 86 valence electrons. The molecule has 0 radical (unpaired) electrons. The first-order valence-electron chi connectivity index (χ1n) is 5.86. The Bertz CT molecular complexity index is 247. The Balaban J connectivity index is 1.98. The Morgan fingerprint density at radius 1 is 1.47 bits per heavy atom. The molecule has 2 rings (SSSR count). The Morgan fingerprint density at radius 3 is 2.73 bits per heavy atom. The summed E-state index contributed by atoms with van der Waals surface area (Å²) in [6.07, 6.45) is 6.23. The quantitative estimate of drug-likeness (QED) is 0.748. The average Bonchev–Trinajstić information content (AvgIpc) is 2.43. The van der Waals surface area contributed by atoms with Gasteiger partial charge in [0.25, 0.3) is 0 Å².